The molecule has 10 heavy (non-hydrogen) atoms. The first-order valence-corrected chi connectivity index (χ1v) is 4.79. The van der Waals surface area contributed by atoms with E-state index in [-0.39, 0.29) is 0 Å². The lowest BCUT2D eigenvalue weighted by Gasteiger charge is -1.89. The van der Waals surface area contributed by atoms with Crippen LogP contribution in [-0.4, -0.2) is 0 Å². The minimum absolute atomic E-state index is 1.20. The lowest BCUT2D eigenvalue weighted by molar-refractivity contribution is 1.57. The smallest absolute Gasteiger partial charge is 0.0357 e. The fourth-order valence-electron chi connectivity index (χ4n) is 0.799. The van der Waals surface area contributed by atoms with Gasteiger partial charge >= 0.3 is 0 Å². The lowest BCUT2D eigenvalue weighted by Crippen LogP contribution is -1.68. The molecular formula is C8H9BrS. The Bertz CT molecular complexity index is 228. The number of allylic oxidation sites excluding steroid dienone is 1. The molecule has 0 N–H and O–H groups in total. The molecule has 1 aromatic rings. The molecule has 0 saturated carbocycles. The third-order valence-electron chi connectivity index (χ3n) is 1.31. The maximum absolute atomic E-state index is 3.48. The van der Waals surface area contributed by atoms with E-state index in [1.165, 1.54) is 14.9 Å². The predicted molar refractivity (Wildman–Crippen MR) is 51.5 cm³/mol. The minimum atomic E-state index is 1.20. The van der Waals surface area contributed by atoms with Crippen molar-refractivity contribution in [2.75, 3.05) is 0 Å². The van der Waals surface area contributed by atoms with E-state index >= 15 is 0 Å². The summed E-state index contributed by atoms with van der Waals surface area (Å²) in [6, 6.07) is 0. The number of halogens is 1. The van der Waals surface area contributed by atoms with Crippen LogP contribution in [0.4, 0.5) is 0 Å². The molecular weight excluding hydrogens is 208 g/mol. The summed E-state index contributed by atoms with van der Waals surface area (Å²) in [5, 5.41) is 2.12. The topological polar surface area (TPSA) is 0 Å². The van der Waals surface area contributed by atoms with Gasteiger partial charge in [-0.05, 0) is 29.8 Å². The zero-order chi connectivity index (χ0) is 7.56. The van der Waals surface area contributed by atoms with Crippen molar-refractivity contribution < 1.29 is 0 Å². The van der Waals surface area contributed by atoms with Crippen LogP contribution in [0, 0.1) is 6.92 Å². The van der Waals surface area contributed by atoms with Crippen molar-refractivity contribution in [3.8, 4) is 0 Å². The fourth-order valence-corrected chi connectivity index (χ4v) is 2.35. The van der Waals surface area contributed by atoms with E-state index in [0.29, 0.717) is 0 Å². The highest BCUT2D eigenvalue weighted by Gasteiger charge is 2.00. The van der Waals surface area contributed by atoms with Crippen molar-refractivity contribution >= 4 is 33.3 Å². The second-order valence-corrected chi connectivity index (χ2v) is 3.99. The molecule has 54 valence electrons. The molecule has 0 saturated heterocycles. The highest BCUT2D eigenvalue weighted by Crippen LogP contribution is 2.27. The summed E-state index contributed by atoms with van der Waals surface area (Å²) in [6.45, 7) is 4.16. The van der Waals surface area contributed by atoms with Gasteiger partial charge in [-0.2, -0.15) is 0 Å². The number of thiophene rings is 1. The van der Waals surface area contributed by atoms with Gasteiger partial charge in [0.05, 0.1) is 0 Å². The van der Waals surface area contributed by atoms with Gasteiger partial charge in [0.1, 0.15) is 0 Å². The van der Waals surface area contributed by atoms with E-state index in [1.807, 2.05) is 6.92 Å². The molecule has 1 rings (SSSR count). The summed E-state index contributed by atoms with van der Waals surface area (Å²) in [7, 11) is 0. The van der Waals surface area contributed by atoms with Crippen molar-refractivity contribution in [1.82, 2.24) is 0 Å². The van der Waals surface area contributed by atoms with E-state index in [2.05, 4.69) is 40.4 Å². The molecule has 0 bridgehead atoms. The van der Waals surface area contributed by atoms with Gasteiger partial charge in [-0.3, -0.25) is 0 Å². The molecule has 0 unspecified atom stereocenters. The van der Waals surface area contributed by atoms with Gasteiger partial charge in [-0.1, -0.05) is 12.2 Å². The number of aryl methyl sites for hydroxylation is 1. The molecule has 2 heteroatoms. The maximum atomic E-state index is 3.48. The van der Waals surface area contributed by atoms with Gasteiger partial charge in [0.2, 0.25) is 0 Å². The van der Waals surface area contributed by atoms with Gasteiger partial charge in [0, 0.05) is 20.3 Å². The first kappa shape index (κ1) is 8.02. The number of rotatable bonds is 1. The zero-order valence-electron chi connectivity index (χ0n) is 6.02. The molecule has 1 aromatic heterocycles. The molecule has 0 amide bonds. The van der Waals surface area contributed by atoms with Crippen molar-refractivity contribution in [3.05, 3.63) is 26.4 Å². The summed E-state index contributed by atoms with van der Waals surface area (Å²) < 4.78 is 1.20. The van der Waals surface area contributed by atoms with Gasteiger partial charge in [0.25, 0.3) is 0 Å². The van der Waals surface area contributed by atoms with E-state index in [0.717, 1.165) is 0 Å². The highest BCUT2D eigenvalue weighted by atomic mass is 79.9. The largest absolute Gasteiger partial charge is 0.147 e. The normalized spacial score (nSPS) is 11.1. The quantitative estimate of drug-likeness (QED) is 0.670. The van der Waals surface area contributed by atoms with Crippen LogP contribution in [0.2, 0.25) is 0 Å². The standard InChI is InChI=1S/C8H9BrS/c1-3-4-7-6(2)10-5-8(7)9/h3-5H,1-2H3/b4-3-. The average Bonchev–Trinajstić information content (AvgIpc) is 2.20. The van der Waals surface area contributed by atoms with Crippen molar-refractivity contribution in [2.24, 2.45) is 0 Å². The van der Waals surface area contributed by atoms with Crippen molar-refractivity contribution in [2.45, 2.75) is 13.8 Å². The van der Waals surface area contributed by atoms with Crippen LogP contribution in [0.15, 0.2) is 15.9 Å². The Balaban J connectivity index is 3.10. The summed E-state index contributed by atoms with van der Waals surface area (Å²) in [6.07, 6.45) is 4.18. The van der Waals surface area contributed by atoms with Crippen LogP contribution < -0.4 is 0 Å². The third kappa shape index (κ3) is 1.50. The summed E-state index contributed by atoms with van der Waals surface area (Å²) in [5.41, 5.74) is 1.31. The van der Waals surface area contributed by atoms with Gasteiger partial charge in [-0.25, -0.2) is 0 Å². The van der Waals surface area contributed by atoms with Crippen LogP contribution in [-0.2, 0) is 0 Å². The predicted octanol–water partition coefficient (Wildman–Crippen LogP) is 3.85. The Morgan fingerprint density at radius 1 is 1.60 bits per heavy atom. The average molecular weight is 217 g/mol. The summed E-state index contributed by atoms with van der Waals surface area (Å²) in [5.74, 6) is 0. The van der Waals surface area contributed by atoms with E-state index in [9.17, 15) is 0 Å². The highest BCUT2D eigenvalue weighted by molar-refractivity contribution is 9.10. The zero-order valence-corrected chi connectivity index (χ0v) is 8.42. The molecule has 0 aromatic carbocycles. The summed E-state index contributed by atoms with van der Waals surface area (Å²) in [4.78, 5) is 1.37. The second kappa shape index (κ2) is 3.35. The first-order valence-electron chi connectivity index (χ1n) is 3.12. The minimum Gasteiger partial charge on any atom is -0.147 e. The molecule has 0 fully saturated rings. The Morgan fingerprint density at radius 3 is 2.70 bits per heavy atom. The first-order chi connectivity index (χ1) is 4.75. The van der Waals surface area contributed by atoms with Gasteiger partial charge in [-0.15, -0.1) is 11.3 Å². The van der Waals surface area contributed by atoms with Crippen LogP contribution >= 0.6 is 27.3 Å². The third-order valence-corrected chi connectivity index (χ3v) is 3.20. The monoisotopic (exact) mass is 216 g/mol. The Kier molecular flexibility index (Phi) is 2.69. The Hall–Kier alpha value is -0.0800. The van der Waals surface area contributed by atoms with E-state index in [4.69, 9.17) is 0 Å². The van der Waals surface area contributed by atoms with E-state index < -0.39 is 0 Å². The van der Waals surface area contributed by atoms with Gasteiger partial charge < -0.3 is 0 Å². The SMILES string of the molecule is C/C=C\c1c(Br)csc1C. The molecule has 0 atom stereocenters. The van der Waals surface area contributed by atoms with Crippen LogP contribution in [0.5, 0.6) is 0 Å². The molecule has 0 aliphatic rings. The van der Waals surface area contributed by atoms with Crippen molar-refractivity contribution in [1.29, 1.82) is 0 Å². The van der Waals surface area contributed by atoms with Gasteiger partial charge in [0.15, 0.2) is 0 Å². The fraction of sp³-hybridized carbons (Fsp3) is 0.250. The summed E-state index contributed by atoms with van der Waals surface area (Å²) >= 11 is 5.25. The molecule has 0 radical (unpaired) electrons. The van der Waals surface area contributed by atoms with E-state index in [1.54, 1.807) is 11.3 Å². The van der Waals surface area contributed by atoms with Crippen LogP contribution in [0.1, 0.15) is 17.4 Å². The maximum Gasteiger partial charge on any atom is 0.0357 e. The Labute approximate surface area is 73.7 Å². The molecule has 0 aliphatic carbocycles. The lowest BCUT2D eigenvalue weighted by atomic mass is 10.2. The molecule has 0 spiro atoms. The molecule has 0 nitrogen and oxygen atoms in total. The Morgan fingerprint density at radius 2 is 2.30 bits per heavy atom. The van der Waals surface area contributed by atoms with Crippen molar-refractivity contribution in [3.63, 3.8) is 0 Å². The molecule has 0 aliphatic heterocycles. The number of hydrogen-bond acceptors (Lipinski definition) is 1. The molecule has 1 heterocycles. The number of hydrogen-bond donors (Lipinski definition) is 0. The van der Waals surface area contributed by atoms with Crippen LogP contribution in [0.3, 0.4) is 0 Å². The van der Waals surface area contributed by atoms with Crippen LogP contribution in [0.25, 0.3) is 6.08 Å². The second-order valence-electron chi connectivity index (χ2n) is 2.05.